The van der Waals surface area contributed by atoms with Crippen LogP contribution in [0.15, 0.2) is 47.3 Å². The van der Waals surface area contributed by atoms with Crippen molar-refractivity contribution in [1.29, 1.82) is 0 Å². The van der Waals surface area contributed by atoms with E-state index in [2.05, 4.69) is 24.0 Å². The molecule has 0 N–H and O–H groups in total. The molecule has 0 saturated heterocycles. The number of hydrogen-bond acceptors (Lipinski definition) is 3. The van der Waals surface area contributed by atoms with E-state index < -0.39 is 0 Å². The van der Waals surface area contributed by atoms with Crippen molar-refractivity contribution in [2.75, 3.05) is 0 Å². The van der Waals surface area contributed by atoms with Gasteiger partial charge < -0.3 is 0 Å². The number of para-hydroxylation sites is 1. The van der Waals surface area contributed by atoms with Crippen molar-refractivity contribution in [3.05, 3.63) is 69.8 Å². The fourth-order valence-electron chi connectivity index (χ4n) is 3.70. The summed E-state index contributed by atoms with van der Waals surface area (Å²) in [5.41, 5.74) is 3.30. The third-order valence-electron chi connectivity index (χ3n) is 5.23. The van der Waals surface area contributed by atoms with Gasteiger partial charge in [-0.05, 0) is 49.1 Å². The van der Waals surface area contributed by atoms with Crippen molar-refractivity contribution in [3.63, 3.8) is 0 Å². The summed E-state index contributed by atoms with van der Waals surface area (Å²) in [4.78, 5) is 29.0. The molecule has 0 fully saturated rings. The molecular formula is C24H28N2O2. The van der Waals surface area contributed by atoms with Crippen molar-refractivity contribution < 1.29 is 4.79 Å². The molecule has 0 amide bonds. The van der Waals surface area contributed by atoms with Crippen molar-refractivity contribution in [3.8, 4) is 5.69 Å². The Balaban J connectivity index is 1.85. The number of hydrogen-bond donors (Lipinski definition) is 0. The van der Waals surface area contributed by atoms with Crippen molar-refractivity contribution >= 4 is 17.2 Å². The first-order chi connectivity index (χ1) is 13.7. The molecular weight excluding hydrogens is 348 g/mol. The Kier molecular flexibility index (Phi) is 6.75. The zero-order valence-electron chi connectivity index (χ0n) is 16.8. The highest BCUT2D eigenvalue weighted by molar-refractivity contribution is 5.82. The topological polar surface area (TPSA) is 52.0 Å². The van der Waals surface area contributed by atoms with Crippen LogP contribution in [0.1, 0.15) is 67.2 Å². The lowest BCUT2D eigenvalue weighted by Crippen LogP contribution is -2.24. The highest BCUT2D eigenvalue weighted by atomic mass is 16.1. The van der Waals surface area contributed by atoms with Crippen LogP contribution >= 0.6 is 0 Å². The van der Waals surface area contributed by atoms with Crippen LogP contribution in [0.4, 0.5) is 0 Å². The highest BCUT2D eigenvalue weighted by Crippen LogP contribution is 2.19. The molecule has 4 heteroatoms. The van der Waals surface area contributed by atoms with E-state index in [1.54, 1.807) is 12.1 Å². The Morgan fingerprint density at radius 3 is 2.50 bits per heavy atom. The van der Waals surface area contributed by atoms with Gasteiger partial charge in [0.15, 0.2) is 12.1 Å². The lowest BCUT2D eigenvalue weighted by molar-refractivity contribution is 0.111. The summed E-state index contributed by atoms with van der Waals surface area (Å²) in [5.74, 6) is 0.135. The van der Waals surface area contributed by atoms with Crippen LogP contribution in [-0.4, -0.2) is 15.8 Å². The molecule has 3 rings (SSSR count). The predicted molar refractivity (Wildman–Crippen MR) is 115 cm³/mol. The molecule has 0 atom stereocenters. The number of fused-ring (bicyclic) bond motifs is 1. The van der Waals surface area contributed by atoms with Gasteiger partial charge in [0.05, 0.1) is 16.6 Å². The second kappa shape index (κ2) is 9.45. The number of aryl methyl sites for hydroxylation is 2. The first-order valence-electron chi connectivity index (χ1n) is 10.2. The maximum Gasteiger partial charge on any atom is 0.266 e. The van der Waals surface area contributed by atoms with Crippen LogP contribution < -0.4 is 5.56 Å². The van der Waals surface area contributed by atoms with Gasteiger partial charge in [0.25, 0.3) is 5.56 Å². The second-order valence-corrected chi connectivity index (χ2v) is 7.38. The molecule has 0 aliphatic carbocycles. The van der Waals surface area contributed by atoms with Crippen LogP contribution in [0.2, 0.25) is 0 Å². The molecule has 0 aliphatic heterocycles. The third kappa shape index (κ3) is 4.38. The van der Waals surface area contributed by atoms with Gasteiger partial charge in [-0.15, -0.1) is 0 Å². The van der Waals surface area contributed by atoms with E-state index in [-0.39, 0.29) is 11.4 Å². The predicted octanol–water partition coefficient (Wildman–Crippen LogP) is 5.41. The Morgan fingerprint density at radius 1 is 1.00 bits per heavy atom. The molecule has 2 aromatic carbocycles. The summed E-state index contributed by atoms with van der Waals surface area (Å²) < 4.78 is 1.43. The molecule has 0 aliphatic rings. The van der Waals surface area contributed by atoms with Gasteiger partial charge in [-0.2, -0.15) is 0 Å². The molecule has 1 aromatic heterocycles. The quantitative estimate of drug-likeness (QED) is 0.371. The van der Waals surface area contributed by atoms with Crippen LogP contribution in [0.25, 0.3) is 16.6 Å². The maximum absolute atomic E-state index is 13.0. The monoisotopic (exact) mass is 376 g/mol. The molecule has 4 nitrogen and oxygen atoms in total. The number of unbranched alkanes of at least 4 members (excludes halogenated alkanes) is 5. The molecule has 0 unspecified atom stereocenters. The van der Waals surface area contributed by atoms with E-state index in [1.807, 2.05) is 25.1 Å². The lowest BCUT2D eigenvalue weighted by atomic mass is 10.0. The Hall–Kier alpha value is -2.75. The SMILES string of the molecule is CCCCCCCCc1ccc(-n2c(C=O)nc3ccccc3c2=O)c(C)c1. The van der Waals surface area contributed by atoms with E-state index in [4.69, 9.17) is 0 Å². The van der Waals surface area contributed by atoms with Crippen LogP contribution in [0.3, 0.4) is 0 Å². The summed E-state index contributed by atoms with van der Waals surface area (Å²) in [7, 11) is 0. The number of aldehydes is 1. The van der Waals surface area contributed by atoms with Gasteiger partial charge in [-0.25, -0.2) is 4.98 Å². The number of nitrogens with zero attached hydrogens (tertiary/aromatic N) is 2. The summed E-state index contributed by atoms with van der Waals surface area (Å²) >= 11 is 0. The van der Waals surface area contributed by atoms with Gasteiger partial charge in [0.2, 0.25) is 0 Å². The van der Waals surface area contributed by atoms with Crippen molar-refractivity contribution in [1.82, 2.24) is 9.55 Å². The largest absolute Gasteiger partial charge is 0.294 e. The Morgan fingerprint density at radius 2 is 1.75 bits per heavy atom. The molecule has 1 heterocycles. The minimum absolute atomic E-state index is 0.135. The maximum atomic E-state index is 13.0. The number of carbonyl (C=O) groups is 1. The van der Waals surface area contributed by atoms with Gasteiger partial charge >= 0.3 is 0 Å². The van der Waals surface area contributed by atoms with E-state index in [1.165, 1.54) is 48.7 Å². The zero-order chi connectivity index (χ0) is 19.9. The first-order valence-corrected chi connectivity index (χ1v) is 10.2. The summed E-state index contributed by atoms with van der Waals surface area (Å²) in [6.45, 7) is 4.22. The second-order valence-electron chi connectivity index (χ2n) is 7.38. The van der Waals surface area contributed by atoms with Crippen molar-refractivity contribution in [2.45, 2.75) is 58.8 Å². The van der Waals surface area contributed by atoms with E-state index >= 15 is 0 Å². The molecule has 3 aromatic rings. The fourth-order valence-corrected chi connectivity index (χ4v) is 3.70. The molecule has 146 valence electrons. The lowest BCUT2D eigenvalue weighted by Gasteiger charge is -2.14. The van der Waals surface area contributed by atoms with Gasteiger partial charge in [-0.3, -0.25) is 14.2 Å². The molecule has 0 saturated carbocycles. The number of carbonyl (C=O) groups excluding carboxylic acids is 1. The average Bonchev–Trinajstić information content (AvgIpc) is 2.71. The minimum Gasteiger partial charge on any atom is -0.294 e. The van der Waals surface area contributed by atoms with Crippen LogP contribution in [0, 0.1) is 6.92 Å². The summed E-state index contributed by atoms with van der Waals surface area (Å²) in [5, 5.41) is 0.517. The van der Waals surface area contributed by atoms with Crippen molar-refractivity contribution in [2.24, 2.45) is 0 Å². The fraction of sp³-hybridized carbons (Fsp3) is 0.375. The van der Waals surface area contributed by atoms with E-state index in [0.717, 1.165) is 17.7 Å². The number of aromatic nitrogens is 2. The number of benzene rings is 2. The first kappa shape index (κ1) is 20.0. The van der Waals surface area contributed by atoms with Crippen LogP contribution in [-0.2, 0) is 6.42 Å². The highest BCUT2D eigenvalue weighted by Gasteiger charge is 2.14. The van der Waals surface area contributed by atoms with E-state index in [0.29, 0.717) is 17.2 Å². The van der Waals surface area contributed by atoms with Gasteiger partial charge in [0.1, 0.15) is 0 Å². The third-order valence-corrected chi connectivity index (χ3v) is 5.23. The molecule has 28 heavy (non-hydrogen) atoms. The standard InChI is InChI=1S/C24H28N2O2/c1-3-4-5-6-7-8-11-19-14-15-22(18(2)16-19)26-23(17-27)25-21-13-10-9-12-20(21)24(26)28/h9-10,12-17H,3-8,11H2,1-2H3. The summed E-state index contributed by atoms with van der Waals surface area (Å²) in [6.07, 6.45) is 9.33. The average molecular weight is 377 g/mol. The van der Waals surface area contributed by atoms with Crippen LogP contribution in [0.5, 0.6) is 0 Å². The van der Waals surface area contributed by atoms with Gasteiger partial charge in [0, 0.05) is 0 Å². The Labute approximate surface area is 166 Å². The summed E-state index contributed by atoms with van der Waals surface area (Å²) in [6, 6.07) is 13.3. The smallest absolute Gasteiger partial charge is 0.266 e. The zero-order valence-corrected chi connectivity index (χ0v) is 16.8. The van der Waals surface area contributed by atoms with E-state index in [9.17, 15) is 9.59 Å². The minimum atomic E-state index is -0.209. The molecule has 0 bridgehead atoms. The number of rotatable bonds is 9. The normalized spacial score (nSPS) is 11.1. The Bertz CT molecular complexity index is 1020. The molecule has 0 radical (unpaired) electrons. The van der Waals surface area contributed by atoms with Gasteiger partial charge in [-0.1, -0.05) is 63.3 Å². The molecule has 0 spiro atoms.